The molecule has 0 aliphatic heterocycles. The summed E-state index contributed by atoms with van der Waals surface area (Å²) in [6.45, 7) is 7.28. The summed E-state index contributed by atoms with van der Waals surface area (Å²) in [4.78, 5) is 25.5. The molecule has 0 radical (unpaired) electrons. The van der Waals surface area contributed by atoms with Crippen molar-refractivity contribution >= 4 is 47.1 Å². The SMILES string of the molecule is C=CCOC(=O)c1cc2cc(C[PH](=O)Oc3ccccc3)c(N[C@@H](COC)C(=O)OC(C)C)cc2s1. The van der Waals surface area contributed by atoms with Crippen molar-refractivity contribution in [3.8, 4) is 5.75 Å². The van der Waals surface area contributed by atoms with Crippen LogP contribution in [0.5, 0.6) is 5.75 Å². The Labute approximate surface area is 215 Å². The number of benzene rings is 2. The number of hydrogen-bond donors (Lipinski definition) is 1. The largest absolute Gasteiger partial charge is 0.461 e. The van der Waals surface area contributed by atoms with Gasteiger partial charge >= 0.3 is 11.9 Å². The average Bonchev–Trinajstić information content (AvgIpc) is 3.25. The summed E-state index contributed by atoms with van der Waals surface area (Å²) >= 11 is 1.26. The Balaban J connectivity index is 1.95. The van der Waals surface area contributed by atoms with Crippen LogP contribution in [-0.2, 0) is 29.7 Å². The van der Waals surface area contributed by atoms with Crippen molar-refractivity contribution in [3.63, 3.8) is 0 Å². The first-order chi connectivity index (χ1) is 17.3. The van der Waals surface area contributed by atoms with Crippen LogP contribution in [0.15, 0.2) is 61.2 Å². The van der Waals surface area contributed by atoms with Crippen molar-refractivity contribution in [3.05, 3.63) is 71.6 Å². The van der Waals surface area contributed by atoms with Gasteiger partial charge in [-0.3, -0.25) is 4.57 Å². The van der Waals surface area contributed by atoms with Gasteiger partial charge in [0.2, 0.25) is 8.03 Å². The van der Waals surface area contributed by atoms with Crippen LogP contribution in [0.1, 0.15) is 29.1 Å². The third-order valence-electron chi connectivity index (χ3n) is 4.88. The Morgan fingerprint density at radius 1 is 1.17 bits per heavy atom. The van der Waals surface area contributed by atoms with Crippen LogP contribution in [0.25, 0.3) is 10.1 Å². The Morgan fingerprint density at radius 3 is 2.58 bits per heavy atom. The van der Waals surface area contributed by atoms with E-state index in [1.807, 2.05) is 18.2 Å². The lowest BCUT2D eigenvalue weighted by Gasteiger charge is -2.21. The van der Waals surface area contributed by atoms with Gasteiger partial charge in [-0.1, -0.05) is 30.9 Å². The van der Waals surface area contributed by atoms with E-state index in [1.165, 1.54) is 24.5 Å². The third kappa shape index (κ3) is 7.68. The lowest BCUT2D eigenvalue weighted by atomic mass is 10.1. The minimum atomic E-state index is -2.53. The highest BCUT2D eigenvalue weighted by atomic mass is 32.1. The highest BCUT2D eigenvalue weighted by molar-refractivity contribution is 7.38. The normalized spacial score (nSPS) is 12.7. The van der Waals surface area contributed by atoms with Crippen LogP contribution in [0.2, 0.25) is 0 Å². The van der Waals surface area contributed by atoms with E-state index in [-0.39, 0.29) is 25.5 Å². The number of esters is 2. The zero-order valence-corrected chi connectivity index (χ0v) is 22.3. The van der Waals surface area contributed by atoms with Gasteiger partial charge in [0.15, 0.2) is 0 Å². The van der Waals surface area contributed by atoms with E-state index in [2.05, 4.69) is 11.9 Å². The Hall–Kier alpha value is -3.13. The van der Waals surface area contributed by atoms with E-state index in [4.69, 9.17) is 18.7 Å². The number of fused-ring (bicyclic) bond motifs is 1. The maximum atomic E-state index is 12.9. The van der Waals surface area contributed by atoms with Crippen molar-refractivity contribution in [1.82, 2.24) is 0 Å². The summed E-state index contributed by atoms with van der Waals surface area (Å²) in [6.07, 6.45) is 1.32. The van der Waals surface area contributed by atoms with Gasteiger partial charge in [-0.2, -0.15) is 0 Å². The van der Waals surface area contributed by atoms with Crippen LogP contribution >= 0.6 is 19.4 Å². The zero-order valence-electron chi connectivity index (χ0n) is 20.4. The average molecular weight is 532 g/mol. The first kappa shape index (κ1) is 27.5. The van der Waals surface area contributed by atoms with Gasteiger partial charge in [0.1, 0.15) is 23.3 Å². The lowest BCUT2D eigenvalue weighted by Crippen LogP contribution is -2.37. The molecule has 1 unspecified atom stereocenters. The molecular weight excluding hydrogens is 501 g/mol. The predicted molar refractivity (Wildman–Crippen MR) is 143 cm³/mol. The van der Waals surface area contributed by atoms with Crippen LogP contribution < -0.4 is 9.84 Å². The second-order valence-electron chi connectivity index (χ2n) is 8.15. The summed E-state index contributed by atoms with van der Waals surface area (Å²) in [7, 11) is -1.03. The molecule has 0 bridgehead atoms. The van der Waals surface area contributed by atoms with Gasteiger partial charge in [0, 0.05) is 17.5 Å². The third-order valence-corrected chi connectivity index (χ3v) is 7.10. The molecular formula is C26H30NO7PS. The van der Waals surface area contributed by atoms with E-state index >= 15 is 0 Å². The predicted octanol–water partition coefficient (Wildman–Crippen LogP) is 5.68. The van der Waals surface area contributed by atoms with Crippen LogP contribution in [-0.4, -0.2) is 44.4 Å². The van der Waals surface area contributed by atoms with Gasteiger partial charge < -0.3 is 24.1 Å². The van der Waals surface area contributed by atoms with Crippen molar-refractivity contribution in [2.24, 2.45) is 0 Å². The van der Waals surface area contributed by atoms with Crippen LogP contribution in [0.3, 0.4) is 0 Å². The van der Waals surface area contributed by atoms with Gasteiger partial charge in [0.05, 0.1) is 18.9 Å². The minimum absolute atomic E-state index is 0.0717. The molecule has 2 aromatic carbocycles. The number of methoxy groups -OCH3 is 1. The number of anilines is 1. The lowest BCUT2D eigenvalue weighted by molar-refractivity contribution is -0.149. The summed E-state index contributed by atoms with van der Waals surface area (Å²) in [5.74, 6) is -0.408. The molecule has 10 heteroatoms. The van der Waals surface area contributed by atoms with Crippen LogP contribution in [0.4, 0.5) is 5.69 Å². The molecule has 0 aliphatic carbocycles. The van der Waals surface area contributed by atoms with E-state index in [9.17, 15) is 14.2 Å². The topological polar surface area (TPSA) is 100 Å². The highest BCUT2D eigenvalue weighted by Gasteiger charge is 2.23. The quantitative estimate of drug-likeness (QED) is 0.171. The first-order valence-electron chi connectivity index (χ1n) is 11.4. The molecule has 3 aromatic rings. The highest BCUT2D eigenvalue weighted by Crippen LogP contribution is 2.38. The van der Waals surface area contributed by atoms with E-state index in [0.29, 0.717) is 21.9 Å². The Morgan fingerprint density at radius 2 is 1.92 bits per heavy atom. The fraction of sp³-hybridized carbons (Fsp3) is 0.308. The van der Waals surface area contributed by atoms with Gasteiger partial charge in [-0.15, -0.1) is 11.3 Å². The number of rotatable bonds is 13. The van der Waals surface area contributed by atoms with E-state index in [1.54, 1.807) is 44.2 Å². The monoisotopic (exact) mass is 531 g/mol. The van der Waals surface area contributed by atoms with Crippen molar-refractivity contribution in [2.45, 2.75) is 32.2 Å². The number of nitrogens with one attached hydrogen (secondary N) is 1. The second kappa shape index (κ2) is 13.3. The summed E-state index contributed by atoms with van der Waals surface area (Å²) in [5.41, 5.74) is 1.25. The zero-order chi connectivity index (χ0) is 26.1. The molecule has 3 rings (SSSR count). The van der Waals surface area contributed by atoms with Crippen LogP contribution in [0, 0.1) is 0 Å². The Bertz CT molecular complexity index is 1230. The second-order valence-corrected chi connectivity index (χ2v) is 10.5. The van der Waals surface area contributed by atoms with Crippen molar-refractivity contribution in [2.75, 3.05) is 25.6 Å². The number of ether oxygens (including phenoxy) is 3. The first-order valence-corrected chi connectivity index (χ1v) is 13.7. The fourth-order valence-electron chi connectivity index (χ4n) is 3.37. The molecule has 0 saturated heterocycles. The number of carbonyl (C=O) groups is 2. The number of thiophene rings is 1. The molecule has 1 N–H and O–H groups in total. The summed E-state index contributed by atoms with van der Waals surface area (Å²) < 4.78 is 35.1. The molecule has 0 fully saturated rings. The minimum Gasteiger partial charge on any atom is -0.461 e. The molecule has 0 saturated carbocycles. The van der Waals surface area contributed by atoms with Crippen molar-refractivity contribution < 1.29 is 32.9 Å². The maximum absolute atomic E-state index is 12.9. The molecule has 2 atom stereocenters. The number of para-hydroxylation sites is 1. The molecule has 1 heterocycles. The molecule has 1 aromatic heterocycles. The molecule has 0 amide bonds. The standard InChI is InChI=1S/C26H30NO7PS/c1-5-11-32-26(29)24-13-18-12-19(16-35(30)34-20-9-7-6-8-10-20)21(14-23(18)36-24)27-22(15-31-4)25(28)33-17(2)3/h5-10,12-14,17,22,27,35H,1,11,15-16H2,2-4H3/t22-/m0/s1. The fourth-order valence-corrected chi connectivity index (χ4v) is 5.42. The molecule has 192 valence electrons. The van der Waals surface area contributed by atoms with E-state index < -0.39 is 26.0 Å². The van der Waals surface area contributed by atoms with Gasteiger partial charge in [-0.05, 0) is 55.1 Å². The molecule has 36 heavy (non-hydrogen) atoms. The van der Waals surface area contributed by atoms with Crippen molar-refractivity contribution in [1.29, 1.82) is 0 Å². The molecule has 8 nitrogen and oxygen atoms in total. The smallest absolute Gasteiger partial charge is 0.348 e. The summed E-state index contributed by atoms with van der Waals surface area (Å²) in [5, 5.41) is 3.97. The molecule has 0 spiro atoms. The Kier molecular flexibility index (Phi) is 10.1. The maximum Gasteiger partial charge on any atom is 0.348 e. The molecule has 0 aliphatic rings. The van der Waals surface area contributed by atoms with E-state index in [0.717, 1.165) is 10.1 Å². The summed E-state index contributed by atoms with van der Waals surface area (Å²) in [6, 6.07) is 13.5. The van der Waals surface area contributed by atoms with Gasteiger partial charge in [-0.25, -0.2) is 9.59 Å². The number of carbonyl (C=O) groups excluding carboxylic acids is 2. The number of hydrogen-bond acceptors (Lipinski definition) is 9. The van der Waals surface area contributed by atoms with Gasteiger partial charge in [0.25, 0.3) is 0 Å².